The highest BCUT2D eigenvalue weighted by Gasteiger charge is 2.19. The molecule has 32 heavy (non-hydrogen) atoms. The summed E-state index contributed by atoms with van der Waals surface area (Å²) in [5, 5.41) is 8.34. The number of aryl methyl sites for hydroxylation is 3. The molecule has 5 aromatic rings. The van der Waals surface area contributed by atoms with Crippen molar-refractivity contribution < 1.29 is 4.74 Å². The number of aromatic nitrogens is 3. The molecule has 0 N–H and O–H groups in total. The van der Waals surface area contributed by atoms with E-state index in [2.05, 4.69) is 43.5 Å². The fourth-order valence-electron chi connectivity index (χ4n) is 4.61. The normalized spacial score (nSPS) is 11.6. The van der Waals surface area contributed by atoms with Gasteiger partial charge in [-0.2, -0.15) is 5.10 Å². The summed E-state index contributed by atoms with van der Waals surface area (Å²) >= 11 is 12.4. The minimum absolute atomic E-state index is 0.544. The van der Waals surface area contributed by atoms with Crippen LogP contribution in [-0.2, 0) is 0 Å². The third-order valence-electron chi connectivity index (χ3n) is 5.98. The largest absolute Gasteiger partial charge is 0.494 e. The Morgan fingerprint density at radius 3 is 2.25 bits per heavy atom. The lowest BCUT2D eigenvalue weighted by molar-refractivity contribution is 0.340. The van der Waals surface area contributed by atoms with Crippen molar-refractivity contribution in [3.05, 3.63) is 81.9 Å². The molecule has 0 radical (unpaired) electrons. The Morgan fingerprint density at radius 1 is 0.844 bits per heavy atom. The standard InChI is InChI=1S/C26H23Cl2N3O/c1-5-32-21-9-7-20(8-10-21)31-16(3)25-15(2)29-30-14-19(13-24(30)26(25)17(31)4)18-6-11-22(27)23(28)12-18/h6-14H,5H2,1-4H3. The van der Waals surface area contributed by atoms with Crippen LogP contribution < -0.4 is 4.74 Å². The summed E-state index contributed by atoms with van der Waals surface area (Å²) in [5.41, 5.74) is 7.58. The van der Waals surface area contributed by atoms with Gasteiger partial charge in [0.25, 0.3) is 0 Å². The molecule has 0 aliphatic carbocycles. The third-order valence-corrected chi connectivity index (χ3v) is 6.72. The minimum Gasteiger partial charge on any atom is -0.494 e. The van der Waals surface area contributed by atoms with E-state index < -0.39 is 0 Å². The lowest BCUT2D eigenvalue weighted by Gasteiger charge is -2.10. The molecule has 6 heteroatoms. The van der Waals surface area contributed by atoms with Gasteiger partial charge in [-0.25, -0.2) is 4.52 Å². The van der Waals surface area contributed by atoms with Crippen LogP contribution in [0.4, 0.5) is 0 Å². The Labute approximate surface area is 196 Å². The van der Waals surface area contributed by atoms with Crippen LogP contribution >= 0.6 is 23.2 Å². The van der Waals surface area contributed by atoms with Gasteiger partial charge in [0, 0.05) is 39.6 Å². The van der Waals surface area contributed by atoms with Gasteiger partial charge in [0.05, 0.1) is 27.9 Å². The zero-order valence-corrected chi connectivity index (χ0v) is 19.9. The van der Waals surface area contributed by atoms with Gasteiger partial charge in [-0.1, -0.05) is 29.3 Å². The van der Waals surface area contributed by atoms with Gasteiger partial charge >= 0.3 is 0 Å². The quantitative estimate of drug-likeness (QED) is 0.275. The average Bonchev–Trinajstić information content (AvgIpc) is 3.30. The summed E-state index contributed by atoms with van der Waals surface area (Å²) in [6, 6.07) is 16.1. The van der Waals surface area contributed by atoms with Crippen LogP contribution in [0.5, 0.6) is 5.75 Å². The van der Waals surface area contributed by atoms with Gasteiger partial charge < -0.3 is 9.30 Å². The fourth-order valence-corrected chi connectivity index (χ4v) is 4.90. The Kier molecular flexibility index (Phi) is 5.15. The van der Waals surface area contributed by atoms with E-state index in [1.165, 1.54) is 22.2 Å². The highest BCUT2D eigenvalue weighted by Crippen LogP contribution is 2.36. The van der Waals surface area contributed by atoms with Crippen molar-refractivity contribution in [2.24, 2.45) is 0 Å². The molecular formula is C26H23Cl2N3O. The summed E-state index contributed by atoms with van der Waals surface area (Å²) in [6.07, 6.45) is 2.05. The molecule has 162 valence electrons. The number of halogens is 2. The van der Waals surface area contributed by atoms with Gasteiger partial charge in [0.1, 0.15) is 5.75 Å². The molecule has 0 fully saturated rings. The molecule has 0 atom stereocenters. The summed E-state index contributed by atoms with van der Waals surface area (Å²) < 4.78 is 9.87. The predicted octanol–water partition coefficient (Wildman–Crippen LogP) is 7.58. The van der Waals surface area contributed by atoms with Gasteiger partial charge in [-0.15, -0.1) is 0 Å². The Bertz CT molecular complexity index is 1480. The Hall–Kier alpha value is -2.95. The lowest BCUT2D eigenvalue weighted by atomic mass is 10.1. The van der Waals surface area contributed by atoms with Crippen molar-refractivity contribution in [3.8, 4) is 22.6 Å². The number of ether oxygens (including phenoxy) is 1. The number of hydrogen-bond acceptors (Lipinski definition) is 2. The molecule has 0 aliphatic heterocycles. The molecule has 0 saturated carbocycles. The molecule has 0 spiro atoms. The van der Waals surface area contributed by atoms with Crippen LogP contribution in [0.25, 0.3) is 33.1 Å². The number of nitrogens with zero attached hydrogens (tertiary/aromatic N) is 3. The Balaban J connectivity index is 1.73. The van der Waals surface area contributed by atoms with Crippen molar-refractivity contribution in [1.29, 1.82) is 0 Å². The van der Waals surface area contributed by atoms with Crippen molar-refractivity contribution in [2.45, 2.75) is 27.7 Å². The Morgan fingerprint density at radius 2 is 1.56 bits per heavy atom. The first-order valence-corrected chi connectivity index (χ1v) is 11.3. The van der Waals surface area contributed by atoms with Gasteiger partial charge in [0.2, 0.25) is 0 Å². The van der Waals surface area contributed by atoms with Crippen molar-refractivity contribution in [3.63, 3.8) is 0 Å². The van der Waals surface area contributed by atoms with Crippen LogP contribution in [0.3, 0.4) is 0 Å². The average molecular weight is 464 g/mol. The molecule has 3 heterocycles. The smallest absolute Gasteiger partial charge is 0.119 e. The molecule has 0 unspecified atom stereocenters. The molecule has 4 nitrogen and oxygen atoms in total. The van der Waals surface area contributed by atoms with E-state index in [4.69, 9.17) is 33.0 Å². The van der Waals surface area contributed by atoms with Crippen molar-refractivity contribution in [1.82, 2.24) is 14.2 Å². The number of fused-ring (bicyclic) bond motifs is 3. The molecule has 5 rings (SSSR count). The molecule has 0 aliphatic rings. The van der Waals surface area contributed by atoms with Crippen LogP contribution in [0, 0.1) is 20.8 Å². The first-order chi connectivity index (χ1) is 15.4. The monoisotopic (exact) mass is 463 g/mol. The zero-order valence-electron chi connectivity index (χ0n) is 18.4. The maximum atomic E-state index is 6.26. The minimum atomic E-state index is 0.544. The summed E-state index contributed by atoms with van der Waals surface area (Å²) in [5.74, 6) is 0.876. The summed E-state index contributed by atoms with van der Waals surface area (Å²) in [6.45, 7) is 9.03. The maximum Gasteiger partial charge on any atom is 0.119 e. The van der Waals surface area contributed by atoms with E-state index >= 15 is 0 Å². The molecular weight excluding hydrogens is 441 g/mol. The van der Waals surface area contributed by atoms with E-state index in [-0.39, 0.29) is 0 Å². The molecule has 0 amide bonds. The summed E-state index contributed by atoms with van der Waals surface area (Å²) in [7, 11) is 0. The van der Waals surface area contributed by atoms with Crippen LogP contribution in [-0.4, -0.2) is 20.8 Å². The first-order valence-electron chi connectivity index (χ1n) is 10.6. The fraction of sp³-hybridized carbons (Fsp3) is 0.192. The first kappa shape index (κ1) is 20.9. The SMILES string of the molecule is CCOc1ccc(-n2c(C)c3c(C)nn4cc(-c5ccc(Cl)c(Cl)c5)cc4c3c2C)cc1. The number of hydrogen-bond donors (Lipinski definition) is 0. The molecule has 0 bridgehead atoms. The molecule has 0 saturated heterocycles. The van der Waals surface area contributed by atoms with Crippen molar-refractivity contribution in [2.75, 3.05) is 6.61 Å². The predicted molar refractivity (Wildman–Crippen MR) is 133 cm³/mol. The van der Waals surface area contributed by atoms with E-state index in [1.807, 2.05) is 48.0 Å². The van der Waals surface area contributed by atoms with Crippen LogP contribution in [0.1, 0.15) is 24.0 Å². The van der Waals surface area contributed by atoms with Crippen LogP contribution in [0.15, 0.2) is 54.7 Å². The highest BCUT2D eigenvalue weighted by molar-refractivity contribution is 6.42. The van der Waals surface area contributed by atoms with E-state index in [0.29, 0.717) is 16.7 Å². The second kappa shape index (κ2) is 7.88. The van der Waals surface area contributed by atoms with Gasteiger partial charge in [-0.3, -0.25) is 0 Å². The van der Waals surface area contributed by atoms with Crippen LogP contribution in [0.2, 0.25) is 10.0 Å². The maximum absolute atomic E-state index is 6.26. The van der Waals surface area contributed by atoms with E-state index in [9.17, 15) is 0 Å². The van der Waals surface area contributed by atoms with Crippen molar-refractivity contribution >= 4 is 39.5 Å². The zero-order chi connectivity index (χ0) is 22.6. The third kappa shape index (κ3) is 3.26. The topological polar surface area (TPSA) is 31.5 Å². The molecule has 3 aromatic heterocycles. The van der Waals surface area contributed by atoms with Gasteiger partial charge in [0.15, 0.2) is 0 Å². The lowest BCUT2D eigenvalue weighted by Crippen LogP contribution is -1.99. The van der Waals surface area contributed by atoms with Gasteiger partial charge in [-0.05, 0) is 75.7 Å². The van der Waals surface area contributed by atoms with E-state index in [0.717, 1.165) is 33.8 Å². The summed E-state index contributed by atoms with van der Waals surface area (Å²) in [4.78, 5) is 0. The second-order valence-electron chi connectivity index (χ2n) is 7.96. The number of rotatable bonds is 4. The second-order valence-corrected chi connectivity index (χ2v) is 8.77. The highest BCUT2D eigenvalue weighted by atomic mass is 35.5. The number of benzene rings is 2. The molecule has 2 aromatic carbocycles. The van der Waals surface area contributed by atoms with E-state index in [1.54, 1.807) is 0 Å².